The van der Waals surface area contributed by atoms with Crippen molar-refractivity contribution in [2.24, 2.45) is 0 Å². The van der Waals surface area contributed by atoms with Crippen LogP contribution in [-0.4, -0.2) is 14.5 Å². The molecular formula is C40H23N3S. The first-order valence-electron chi connectivity index (χ1n) is 14.8. The van der Waals surface area contributed by atoms with Gasteiger partial charge in [-0.15, -0.1) is 11.3 Å². The van der Waals surface area contributed by atoms with Crippen LogP contribution in [0, 0.1) is 0 Å². The maximum absolute atomic E-state index is 5.30. The molecule has 0 fully saturated rings. The van der Waals surface area contributed by atoms with Gasteiger partial charge >= 0.3 is 0 Å². The number of benzene rings is 7. The van der Waals surface area contributed by atoms with Gasteiger partial charge in [0, 0.05) is 47.3 Å². The van der Waals surface area contributed by atoms with Crippen LogP contribution in [0.1, 0.15) is 0 Å². The van der Waals surface area contributed by atoms with Gasteiger partial charge in [0.25, 0.3) is 0 Å². The van der Waals surface area contributed by atoms with Crippen molar-refractivity contribution in [3.05, 3.63) is 140 Å². The van der Waals surface area contributed by atoms with E-state index in [0.717, 1.165) is 33.2 Å². The predicted molar refractivity (Wildman–Crippen MR) is 187 cm³/mol. The fourth-order valence-corrected chi connectivity index (χ4v) is 8.21. The fraction of sp³-hybridized carbons (Fsp3) is 0. The van der Waals surface area contributed by atoms with Crippen LogP contribution in [0.15, 0.2) is 140 Å². The average molecular weight is 578 g/mol. The third-order valence-corrected chi connectivity index (χ3v) is 10.1. The highest BCUT2D eigenvalue weighted by Crippen LogP contribution is 2.43. The Morgan fingerprint density at radius 2 is 1.07 bits per heavy atom. The Hall–Kier alpha value is -5.58. The van der Waals surface area contributed by atoms with E-state index in [2.05, 4.69) is 138 Å². The molecule has 10 rings (SSSR count). The molecule has 0 unspecified atom stereocenters. The van der Waals surface area contributed by atoms with Crippen LogP contribution >= 0.6 is 11.3 Å². The Balaban J connectivity index is 1.35. The van der Waals surface area contributed by atoms with Gasteiger partial charge in [0.1, 0.15) is 0 Å². The lowest BCUT2D eigenvalue weighted by atomic mass is 9.97. The molecule has 0 amide bonds. The lowest BCUT2D eigenvalue weighted by Gasteiger charge is -2.13. The second-order valence-electron chi connectivity index (χ2n) is 11.4. The molecule has 44 heavy (non-hydrogen) atoms. The van der Waals surface area contributed by atoms with Crippen LogP contribution in [0.5, 0.6) is 0 Å². The zero-order valence-corrected chi connectivity index (χ0v) is 24.3. The van der Waals surface area contributed by atoms with Crippen molar-refractivity contribution < 1.29 is 0 Å². The third kappa shape index (κ3) is 3.26. The summed E-state index contributed by atoms with van der Waals surface area (Å²) in [5.74, 6) is 0.681. The van der Waals surface area contributed by atoms with Gasteiger partial charge in [-0.3, -0.25) is 4.57 Å². The average Bonchev–Trinajstić information content (AvgIpc) is 3.64. The molecule has 10 aromatic rings. The van der Waals surface area contributed by atoms with E-state index in [1.165, 1.54) is 52.5 Å². The lowest BCUT2D eigenvalue weighted by Crippen LogP contribution is -2.03. The van der Waals surface area contributed by atoms with Crippen LogP contribution in [0.4, 0.5) is 0 Å². The van der Waals surface area contributed by atoms with E-state index in [-0.39, 0.29) is 0 Å². The molecule has 0 N–H and O–H groups in total. The maximum atomic E-state index is 5.30. The van der Waals surface area contributed by atoms with Crippen molar-refractivity contribution in [2.75, 3.05) is 0 Å². The van der Waals surface area contributed by atoms with Crippen LogP contribution in [0.25, 0.3) is 91.6 Å². The topological polar surface area (TPSA) is 30.7 Å². The minimum absolute atomic E-state index is 0.681. The fourth-order valence-electron chi connectivity index (χ4n) is 7.09. The molecular weight excluding hydrogens is 555 g/mol. The highest BCUT2D eigenvalue weighted by molar-refractivity contribution is 7.26. The van der Waals surface area contributed by atoms with Gasteiger partial charge in [0.15, 0.2) is 0 Å². The summed E-state index contributed by atoms with van der Waals surface area (Å²) in [6.07, 6.45) is 0. The van der Waals surface area contributed by atoms with Gasteiger partial charge in [-0.1, -0.05) is 115 Å². The highest BCUT2D eigenvalue weighted by atomic mass is 32.1. The summed E-state index contributed by atoms with van der Waals surface area (Å²) < 4.78 is 4.93. The molecule has 0 aliphatic heterocycles. The SMILES string of the molecule is c1ccc(-c2nc(-n3c4ccccc4c4ccc5c6ccc7sc8ccccc8c7c6ccc5c43)nc3ccccc23)cc1. The minimum atomic E-state index is 0.681. The van der Waals surface area contributed by atoms with Crippen LogP contribution < -0.4 is 0 Å². The Labute approximate surface area is 256 Å². The van der Waals surface area contributed by atoms with E-state index >= 15 is 0 Å². The standard InChI is InChI=1S/C40H23N3S/c1-2-10-24(11-3-1)38-31-13-4-7-15-33(31)41-40(42-38)43-34-16-8-5-12-27(34)30-20-18-26-25-22-23-36-37(28(25)19-21-29(26)39(30)43)32-14-6-9-17-35(32)44-36/h1-23H. The highest BCUT2D eigenvalue weighted by Gasteiger charge is 2.20. The Bertz CT molecular complexity index is 2770. The van der Waals surface area contributed by atoms with Crippen LogP contribution in [-0.2, 0) is 0 Å². The van der Waals surface area contributed by atoms with E-state index in [9.17, 15) is 0 Å². The number of rotatable bonds is 2. The lowest BCUT2D eigenvalue weighted by molar-refractivity contribution is 1.02. The van der Waals surface area contributed by atoms with E-state index < -0.39 is 0 Å². The van der Waals surface area contributed by atoms with Crippen molar-refractivity contribution in [1.82, 2.24) is 14.5 Å². The molecule has 0 saturated carbocycles. The molecule has 4 heteroatoms. The van der Waals surface area contributed by atoms with Gasteiger partial charge in [0.05, 0.1) is 22.2 Å². The molecule has 3 aromatic heterocycles. The van der Waals surface area contributed by atoms with Gasteiger partial charge < -0.3 is 0 Å². The zero-order valence-electron chi connectivity index (χ0n) is 23.5. The summed E-state index contributed by atoms with van der Waals surface area (Å²) in [6.45, 7) is 0. The Kier molecular flexibility index (Phi) is 4.87. The van der Waals surface area contributed by atoms with Crippen molar-refractivity contribution in [2.45, 2.75) is 0 Å². The van der Waals surface area contributed by atoms with Crippen molar-refractivity contribution in [3.8, 4) is 17.2 Å². The quantitative estimate of drug-likeness (QED) is 0.191. The first kappa shape index (κ1) is 23.9. The van der Waals surface area contributed by atoms with E-state index in [4.69, 9.17) is 9.97 Å². The van der Waals surface area contributed by atoms with E-state index in [0.29, 0.717) is 5.95 Å². The molecule has 204 valence electrons. The summed E-state index contributed by atoms with van der Waals surface area (Å²) >= 11 is 1.87. The van der Waals surface area contributed by atoms with E-state index in [1.54, 1.807) is 0 Å². The third-order valence-electron chi connectivity index (χ3n) is 9.00. The molecule has 7 aromatic carbocycles. The molecule has 0 spiro atoms. The second kappa shape index (κ2) is 8.96. The number of thiophene rings is 1. The number of para-hydroxylation sites is 2. The second-order valence-corrected chi connectivity index (χ2v) is 12.4. The number of aromatic nitrogens is 3. The van der Waals surface area contributed by atoms with E-state index in [1.807, 2.05) is 17.4 Å². The van der Waals surface area contributed by atoms with Crippen molar-refractivity contribution in [3.63, 3.8) is 0 Å². The smallest absolute Gasteiger partial charge is 0.235 e. The molecule has 3 heterocycles. The summed E-state index contributed by atoms with van der Waals surface area (Å²) in [4.78, 5) is 10.5. The van der Waals surface area contributed by atoms with Gasteiger partial charge in [0.2, 0.25) is 5.95 Å². The summed E-state index contributed by atoms with van der Waals surface area (Å²) in [7, 11) is 0. The zero-order chi connectivity index (χ0) is 28.8. The minimum Gasteiger partial charge on any atom is -0.277 e. The Morgan fingerprint density at radius 1 is 0.432 bits per heavy atom. The Morgan fingerprint density at radius 3 is 1.95 bits per heavy atom. The van der Waals surface area contributed by atoms with Gasteiger partial charge in [-0.25, -0.2) is 9.97 Å². The van der Waals surface area contributed by atoms with Gasteiger partial charge in [-0.05, 0) is 40.4 Å². The molecule has 0 atom stereocenters. The first-order chi connectivity index (χ1) is 21.8. The molecule has 3 nitrogen and oxygen atoms in total. The van der Waals surface area contributed by atoms with Gasteiger partial charge in [-0.2, -0.15) is 0 Å². The number of hydrogen-bond acceptors (Lipinski definition) is 3. The molecule has 0 saturated heterocycles. The van der Waals surface area contributed by atoms with Crippen LogP contribution in [0.3, 0.4) is 0 Å². The first-order valence-corrected chi connectivity index (χ1v) is 15.7. The number of nitrogens with zero attached hydrogens (tertiary/aromatic N) is 3. The van der Waals surface area contributed by atoms with Crippen molar-refractivity contribution >= 4 is 85.8 Å². The maximum Gasteiger partial charge on any atom is 0.235 e. The monoisotopic (exact) mass is 577 g/mol. The predicted octanol–water partition coefficient (Wildman–Crippen LogP) is 11.1. The summed E-state index contributed by atoms with van der Waals surface area (Å²) in [5.41, 5.74) is 5.18. The number of fused-ring (bicyclic) bond motifs is 12. The molecule has 0 bridgehead atoms. The van der Waals surface area contributed by atoms with Crippen LogP contribution in [0.2, 0.25) is 0 Å². The molecule has 0 radical (unpaired) electrons. The normalized spacial score (nSPS) is 12.1. The van der Waals surface area contributed by atoms with Crippen molar-refractivity contribution in [1.29, 1.82) is 0 Å². The molecule has 0 aliphatic carbocycles. The summed E-state index contributed by atoms with van der Waals surface area (Å²) in [5, 5.41) is 11.1. The molecule has 0 aliphatic rings. The number of hydrogen-bond donors (Lipinski definition) is 0. The summed E-state index contributed by atoms with van der Waals surface area (Å²) in [6, 6.07) is 49.9. The largest absolute Gasteiger partial charge is 0.277 e.